The summed E-state index contributed by atoms with van der Waals surface area (Å²) < 4.78 is 46.3. The zero-order valence-corrected chi connectivity index (χ0v) is 20.6. The number of nitrogens with one attached hydrogen (secondary N) is 1. The van der Waals surface area contributed by atoms with Gasteiger partial charge in [-0.25, -0.2) is 4.98 Å². The first-order valence-corrected chi connectivity index (χ1v) is 11.9. The van der Waals surface area contributed by atoms with Crippen molar-refractivity contribution in [2.45, 2.75) is 32.0 Å². The predicted molar refractivity (Wildman–Crippen MR) is 127 cm³/mol. The van der Waals surface area contributed by atoms with Gasteiger partial charge in [-0.15, -0.1) is 13.2 Å². The van der Waals surface area contributed by atoms with Gasteiger partial charge in [0.1, 0.15) is 11.4 Å². The summed E-state index contributed by atoms with van der Waals surface area (Å²) in [6, 6.07) is 5.74. The number of benzene rings is 1. The molecule has 1 amide bonds. The van der Waals surface area contributed by atoms with Crippen LogP contribution in [0.15, 0.2) is 30.5 Å². The first kappa shape index (κ1) is 26.1. The fourth-order valence-electron chi connectivity index (χ4n) is 4.27. The molecule has 1 fully saturated rings. The van der Waals surface area contributed by atoms with Crippen molar-refractivity contribution in [3.63, 3.8) is 0 Å². The van der Waals surface area contributed by atoms with E-state index >= 15 is 0 Å². The van der Waals surface area contributed by atoms with Gasteiger partial charge in [-0.3, -0.25) is 9.59 Å². The second-order valence-corrected chi connectivity index (χ2v) is 9.32. The molecule has 4 rings (SSSR count). The molecular weight excluding hydrogens is 522 g/mol. The van der Waals surface area contributed by atoms with E-state index in [1.165, 1.54) is 31.5 Å². The van der Waals surface area contributed by atoms with Gasteiger partial charge in [-0.1, -0.05) is 23.2 Å². The summed E-state index contributed by atoms with van der Waals surface area (Å²) in [4.78, 5) is 33.5. The Kier molecular flexibility index (Phi) is 7.65. The molecule has 3 heterocycles. The van der Waals surface area contributed by atoms with Crippen molar-refractivity contribution in [2.24, 2.45) is 5.92 Å². The van der Waals surface area contributed by atoms with Crippen molar-refractivity contribution < 1.29 is 32.2 Å². The van der Waals surface area contributed by atoms with Crippen molar-refractivity contribution in [3.05, 3.63) is 57.5 Å². The van der Waals surface area contributed by atoms with E-state index in [0.29, 0.717) is 54.5 Å². The molecule has 1 N–H and O–H groups in total. The van der Waals surface area contributed by atoms with Crippen molar-refractivity contribution in [2.75, 3.05) is 20.2 Å². The molecule has 0 spiro atoms. The highest BCUT2D eigenvalue weighted by Gasteiger charge is 2.31. The number of hydrogen-bond acceptors (Lipinski definition) is 5. The summed E-state index contributed by atoms with van der Waals surface area (Å²) in [5.74, 6) is -0.797. The van der Waals surface area contributed by atoms with Crippen LogP contribution >= 0.6 is 23.2 Å². The van der Waals surface area contributed by atoms with Crippen molar-refractivity contribution in [1.29, 1.82) is 0 Å². The van der Waals surface area contributed by atoms with E-state index in [2.05, 4.69) is 14.7 Å². The number of alkyl halides is 3. The fraction of sp³-hybridized carbons (Fsp3) is 0.375. The van der Waals surface area contributed by atoms with Crippen LogP contribution in [0, 0.1) is 5.92 Å². The third-order valence-electron chi connectivity index (χ3n) is 6.11. The Labute approximate surface area is 214 Å². The van der Waals surface area contributed by atoms with Crippen molar-refractivity contribution in [3.8, 4) is 5.75 Å². The molecule has 1 aromatic carbocycles. The number of aromatic nitrogens is 2. The molecule has 12 heteroatoms. The lowest BCUT2D eigenvalue weighted by Gasteiger charge is -2.31. The first-order chi connectivity index (χ1) is 17.0. The largest absolute Gasteiger partial charge is 0.573 e. The van der Waals surface area contributed by atoms with Crippen LogP contribution in [0.3, 0.4) is 0 Å². The van der Waals surface area contributed by atoms with E-state index in [9.17, 15) is 22.8 Å². The van der Waals surface area contributed by atoms with E-state index in [1.807, 2.05) is 0 Å². The van der Waals surface area contributed by atoms with Crippen LogP contribution in [0.1, 0.15) is 41.0 Å². The normalized spacial score (nSPS) is 14.8. The molecule has 0 saturated carbocycles. The highest BCUT2D eigenvalue weighted by molar-refractivity contribution is 6.37. The minimum atomic E-state index is -4.79. The third-order valence-corrected chi connectivity index (χ3v) is 6.84. The third kappa shape index (κ3) is 6.04. The van der Waals surface area contributed by atoms with Gasteiger partial charge in [0, 0.05) is 49.4 Å². The minimum absolute atomic E-state index is 0.0689. The Morgan fingerprint density at radius 3 is 2.58 bits per heavy atom. The average Bonchev–Trinajstić information content (AvgIpc) is 3.22. The molecule has 0 radical (unpaired) electrons. The van der Waals surface area contributed by atoms with Crippen LogP contribution in [-0.2, 0) is 16.0 Å². The summed E-state index contributed by atoms with van der Waals surface area (Å²) in [5, 5.41) is 1.05. The quantitative estimate of drug-likeness (QED) is 0.398. The molecule has 1 saturated heterocycles. The number of methoxy groups -OCH3 is 1. The van der Waals surface area contributed by atoms with Gasteiger partial charge >= 0.3 is 12.3 Å². The SMILES string of the molecule is COC(=O)CC1CCN(C(=O)c2ncc(Cl)c(Cc3cc4ccc(OC(F)(F)F)cc4[nH]3)c2Cl)CC1. The molecule has 0 aliphatic carbocycles. The number of amides is 1. The Morgan fingerprint density at radius 2 is 1.92 bits per heavy atom. The number of hydrogen-bond donors (Lipinski definition) is 1. The number of nitrogens with zero attached hydrogens (tertiary/aromatic N) is 2. The van der Waals surface area contributed by atoms with Crippen LogP contribution in [-0.4, -0.2) is 53.3 Å². The second-order valence-electron chi connectivity index (χ2n) is 8.53. The van der Waals surface area contributed by atoms with Gasteiger partial charge in [-0.2, -0.15) is 0 Å². The number of fused-ring (bicyclic) bond motifs is 1. The van der Waals surface area contributed by atoms with Crippen molar-refractivity contribution >= 4 is 46.0 Å². The smallest absolute Gasteiger partial charge is 0.469 e. The number of rotatable bonds is 6. The summed E-state index contributed by atoms with van der Waals surface area (Å²) in [7, 11) is 1.35. The molecule has 0 unspecified atom stereocenters. The molecule has 2 aromatic heterocycles. The lowest BCUT2D eigenvalue weighted by molar-refractivity contribution is -0.274. The predicted octanol–water partition coefficient (Wildman–Crippen LogP) is 5.77. The number of carbonyl (C=O) groups excluding carboxylic acids is 2. The number of H-pyrrole nitrogens is 1. The zero-order valence-electron chi connectivity index (χ0n) is 19.1. The lowest BCUT2D eigenvalue weighted by atomic mass is 9.93. The second kappa shape index (κ2) is 10.6. The maximum Gasteiger partial charge on any atom is 0.573 e. The molecule has 7 nitrogen and oxygen atoms in total. The maximum atomic E-state index is 13.1. The van der Waals surface area contributed by atoms with Crippen LogP contribution in [0.25, 0.3) is 10.9 Å². The molecule has 0 atom stereocenters. The number of aromatic amines is 1. The van der Waals surface area contributed by atoms with Gasteiger partial charge in [0.05, 0.1) is 17.2 Å². The van der Waals surface area contributed by atoms with E-state index in [0.717, 1.165) is 0 Å². The van der Waals surface area contributed by atoms with Crippen LogP contribution in [0.2, 0.25) is 10.0 Å². The Bertz CT molecular complexity index is 1290. The molecule has 0 bridgehead atoms. The highest BCUT2D eigenvalue weighted by Crippen LogP contribution is 2.32. The molecule has 192 valence electrons. The summed E-state index contributed by atoms with van der Waals surface area (Å²) in [6.45, 7) is 0.918. The Hall–Kier alpha value is -2.98. The van der Waals surface area contributed by atoms with Gasteiger partial charge in [-0.05, 0) is 47.9 Å². The maximum absolute atomic E-state index is 13.1. The monoisotopic (exact) mass is 543 g/mol. The van der Waals surface area contributed by atoms with E-state index in [-0.39, 0.29) is 45.7 Å². The number of esters is 1. The van der Waals surface area contributed by atoms with E-state index in [1.54, 1.807) is 11.0 Å². The standard InChI is InChI=1S/C24H22Cl2F3N3O4/c1-35-20(33)8-13-4-6-32(7-5-13)23(34)22-21(26)17(18(25)12-30-22)10-15-9-14-2-3-16(11-19(14)31-15)36-24(27,28)29/h2-3,9,11-13,31H,4-8,10H2,1H3. The fourth-order valence-corrected chi connectivity index (χ4v) is 4.83. The molecule has 36 heavy (non-hydrogen) atoms. The number of likely N-dealkylation sites (tertiary alicyclic amines) is 1. The minimum Gasteiger partial charge on any atom is -0.469 e. The first-order valence-electron chi connectivity index (χ1n) is 11.1. The number of halogens is 5. The molecule has 1 aliphatic heterocycles. The van der Waals surface area contributed by atoms with Crippen molar-refractivity contribution in [1.82, 2.24) is 14.9 Å². The zero-order chi connectivity index (χ0) is 26.0. The highest BCUT2D eigenvalue weighted by atomic mass is 35.5. The van der Waals surface area contributed by atoms with Crippen LogP contribution < -0.4 is 4.74 Å². The van der Waals surface area contributed by atoms with Gasteiger partial charge < -0.3 is 19.4 Å². The number of ether oxygens (including phenoxy) is 2. The number of carbonyl (C=O) groups is 2. The summed E-state index contributed by atoms with van der Waals surface area (Å²) in [6.07, 6.45) is -1.59. The topological polar surface area (TPSA) is 84.5 Å². The van der Waals surface area contributed by atoms with Gasteiger partial charge in [0.25, 0.3) is 5.91 Å². The molecule has 1 aliphatic rings. The number of piperidine rings is 1. The van der Waals surface area contributed by atoms with Gasteiger partial charge in [0.15, 0.2) is 0 Å². The lowest BCUT2D eigenvalue weighted by Crippen LogP contribution is -2.39. The van der Waals surface area contributed by atoms with Gasteiger partial charge in [0.2, 0.25) is 0 Å². The summed E-state index contributed by atoms with van der Waals surface area (Å²) >= 11 is 12.9. The van der Waals surface area contributed by atoms with Crippen LogP contribution in [0.5, 0.6) is 5.75 Å². The number of pyridine rings is 1. The van der Waals surface area contributed by atoms with E-state index < -0.39 is 6.36 Å². The molecule has 3 aromatic rings. The Balaban J connectivity index is 1.50. The Morgan fingerprint density at radius 1 is 1.19 bits per heavy atom. The molecular formula is C24H22Cl2F3N3O4. The average molecular weight is 544 g/mol. The van der Waals surface area contributed by atoms with Crippen LogP contribution in [0.4, 0.5) is 13.2 Å². The summed E-state index contributed by atoms with van der Waals surface area (Å²) in [5.41, 5.74) is 1.61. The van der Waals surface area contributed by atoms with E-state index in [4.69, 9.17) is 27.9 Å².